The number of carbonyl (C=O) groups is 2. The average Bonchev–Trinajstić information content (AvgIpc) is 2.92. The van der Waals surface area contributed by atoms with Gasteiger partial charge < -0.3 is 9.47 Å². The fourth-order valence-corrected chi connectivity index (χ4v) is 2.74. The lowest BCUT2D eigenvalue weighted by atomic mass is 10.1. The van der Waals surface area contributed by atoms with E-state index in [1.807, 2.05) is 66.2 Å². The van der Waals surface area contributed by atoms with Gasteiger partial charge in [-0.2, -0.15) is 0 Å². The number of carbonyl (C=O) groups excluding carboxylic acids is 2. The highest BCUT2D eigenvalue weighted by atomic mass is 16.2. The van der Waals surface area contributed by atoms with Crippen LogP contribution in [0.3, 0.4) is 0 Å². The zero-order valence-corrected chi connectivity index (χ0v) is 13.2. The van der Waals surface area contributed by atoms with Gasteiger partial charge in [-0.05, 0) is 11.6 Å². The number of nitrogens with zero attached hydrogens (tertiary/aromatic N) is 2. The Balaban J connectivity index is 1.85. The molecule has 1 aromatic heterocycles. The summed E-state index contributed by atoms with van der Waals surface area (Å²) in [6, 6.07) is 17.2. The van der Waals surface area contributed by atoms with Crippen molar-refractivity contribution in [1.82, 2.24) is 9.47 Å². The van der Waals surface area contributed by atoms with E-state index in [2.05, 4.69) is 0 Å². The largest absolute Gasteiger partial charge is 0.350 e. The number of fused-ring (bicyclic) bond motifs is 1. The summed E-state index contributed by atoms with van der Waals surface area (Å²) in [6.07, 6.45) is 1.72. The molecule has 1 heterocycles. The molecule has 2 aromatic carbocycles. The number of likely N-dealkylation sites (N-methyl/N-ethyl adjacent to an activating group) is 1. The first-order valence-corrected chi connectivity index (χ1v) is 7.45. The Bertz CT molecular complexity index is 865. The van der Waals surface area contributed by atoms with Crippen LogP contribution >= 0.6 is 0 Å². The normalized spacial score (nSPS) is 10.7. The third kappa shape index (κ3) is 2.88. The highest BCUT2D eigenvalue weighted by molar-refractivity contribution is 6.44. The molecule has 0 saturated heterocycles. The lowest BCUT2D eigenvalue weighted by Gasteiger charge is -2.16. The molecule has 0 atom stereocenters. The molecule has 23 heavy (non-hydrogen) atoms. The molecule has 0 radical (unpaired) electrons. The maximum absolute atomic E-state index is 12.6. The van der Waals surface area contributed by atoms with Gasteiger partial charge in [0, 0.05) is 37.7 Å². The van der Waals surface area contributed by atoms with Crippen molar-refractivity contribution in [2.24, 2.45) is 7.05 Å². The second-order valence-electron chi connectivity index (χ2n) is 5.65. The molecule has 4 heteroatoms. The average molecular weight is 306 g/mol. The highest BCUT2D eigenvalue weighted by Crippen LogP contribution is 2.21. The minimum Gasteiger partial charge on any atom is -0.350 e. The van der Waals surface area contributed by atoms with Crippen molar-refractivity contribution < 1.29 is 9.59 Å². The first-order chi connectivity index (χ1) is 11.1. The van der Waals surface area contributed by atoms with E-state index in [0.717, 1.165) is 16.5 Å². The topological polar surface area (TPSA) is 42.3 Å². The fourth-order valence-electron chi connectivity index (χ4n) is 2.74. The third-order valence-corrected chi connectivity index (χ3v) is 3.95. The minimum absolute atomic E-state index is 0.413. The van der Waals surface area contributed by atoms with Gasteiger partial charge in [0.1, 0.15) is 0 Å². The van der Waals surface area contributed by atoms with Gasteiger partial charge in [-0.25, -0.2) is 0 Å². The second-order valence-corrected chi connectivity index (χ2v) is 5.65. The number of rotatable bonds is 4. The number of aromatic nitrogens is 1. The molecular weight excluding hydrogens is 288 g/mol. The second kappa shape index (κ2) is 6.08. The molecular formula is C19H18N2O2. The van der Waals surface area contributed by atoms with E-state index in [9.17, 15) is 9.59 Å². The summed E-state index contributed by atoms with van der Waals surface area (Å²) in [5, 5.41) is 0.807. The minimum atomic E-state index is -0.495. The molecule has 4 nitrogen and oxygen atoms in total. The maximum Gasteiger partial charge on any atom is 0.295 e. The third-order valence-electron chi connectivity index (χ3n) is 3.95. The van der Waals surface area contributed by atoms with E-state index in [1.165, 1.54) is 4.90 Å². The Labute approximate surface area is 134 Å². The molecule has 0 unspecified atom stereocenters. The number of benzene rings is 2. The summed E-state index contributed by atoms with van der Waals surface area (Å²) in [5.74, 6) is -0.967. The zero-order valence-electron chi connectivity index (χ0n) is 13.2. The number of amides is 1. The van der Waals surface area contributed by atoms with Gasteiger partial charge in [-0.15, -0.1) is 0 Å². The molecule has 116 valence electrons. The van der Waals surface area contributed by atoms with E-state index < -0.39 is 11.7 Å². The van der Waals surface area contributed by atoms with Gasteiger partial charge in [0.2, 0.25) is 0 Å². The highest BCUT2D eigenvalue weighted by Gasteiger charge is 2.23. The van der Waals surface area contributed by atoms with Gasteiger partial charge in [0.15, 0.2) is 0 Å². The van der Waals surface area contributed by atoms with Crippen LogP contribution in [0.5, 0.6) is 0 Å². The smallest absolute Gasteiger partial charge is 0.295 e. The molecule has 3 aromatic rings. The summed E-state index contributed by atoms with van der Waals surface area (Å²) in [4.78, 5) is 26.5. The van der Waals surface area contributed by atoms with Gasteiger partial charge >= 0.3 is 0 Å². The summed E-state index contributed by atoms with van der Waals surface area (Å²) in [7, 11) is 3.52. The molecule has 0 N–H and O–H groups in total. The maximum atomic E-state index is 12.6. The molecule has 0 bridgehead atoms. The first kappa shape index (κ1) is 15.0. The number of ketones is 1. The predicted molar refractivity (Wildman–Crippen MR) is 90.2 cm³/mol. The first-order valence-electron chi connectivity index (χ1n) is 7.45. The fraction of sp³-hybridized carbons (Fsp3) is 0.158. The lowest BCUT2D eigenvalue weighted by Crippen LogP contribution is -2.32. The van der Waals surface area contributed by atoms with Crippen molar-refractivity contribution in [2.45, 2.75) is 6.54 Å². The van der Waals surface area contributed by atoms with Crippen molar-refractivity contribution >= 4 is 22.6 Å². The van der Waals surface area contributed by atoms with E-state index in [1.54, 1.807) is 13.2 Å². The van der Waals surface area contributed by atoms with E-state index in [4.69, 9.17) is 0 Å². The van der Waals surface area contributed by atoms with Crippen LogP contribution in [0.2, 0.25) is 0 Å². The lowest BCUT2D eigenvalue weighted by molar-refractivity contribution is -0.125. The number of para-hydroxylation sites is 1. The van der Waals surface area contributed by atoms with Crippen molar-refractivity contribution in [3.05, 3.63) is 71.9 Å². The Morgan fingerprint density at radius 2 is 1.65 bits per heavy atom. The Morgan fingerprint density at radius 1 is 1.00 bits per heavy atom. The van der Waals surface area contributed by atoms with Crippen LogP contribution in [0.25, 0.3) is 10.9 Å². The van der Waals surface area contributed by atoms with Crippen molar-refractivity contribution in [2.75, 3.05) is 7.05 Å². The predicted octanol–water partition coefficient (Wildman–Crippen LogP) is 3.02. The van der Waals surface area contributed by atoms with Crippen LogP contribution in [0, 0.1) is 0 Å². The summed E-state index contributed by atoms with van der Waals surface area (Å²) in [5.41, 5.74) is 2.39. The molecule has 0 aliphatic carbocycles. The number of hydrogen-bond acceptors (Lipinski definition) is 2. The summed E-state index contributed by atoms with van der Waals surface area (Å²) in [6.45, 7) is 0.413. The summed E-state index contributed by atoms with van der Waals surface area (Å²) >= 11 is 0. The van der Waals surface area contributed by atoms with Crippen LogP contribution in [0.4, 0.5) is 0 Å². The van der Waals surface area contributed by atoms with Crippen LogP contribution in [0.15, 0.2) is 60.8 Å². The van der Waals surface area contributed by atoms with Crippen LogP contribution in [-0.4, -0.2) is 28.2 Å². The SMILES string of the molecule is CN(Cc1ccccc1)C(=O)C(=O)c1cn(C)c2ccccc12. The van der Waals surface area contributed by atoms with Gasteiger partial charge in [-0.1, -0.05) is 48.5 Å². The molecule has 0 aliphatic rings. The number of Topliss-reactive ketones (excluding diaryl/α,β-unsaturated/α-hetero) is 1. The standard InChI is InChI=1S/C19H18N2O2/c1-20-13-16(15-10-6-7-11-17(15)20)18(22)19(23)21(2)12-14-8-4-3-5-9-14/h3-11,13H,12H2,1-2H3. The van der Waals surface area contributed by atoms with Crippen molar-refractivity contribution in [1.29, 1.82) is 0 Å². The van der Waals surface area contributed by atoms with Crippen LogP contribution in [-0.2, 0) is 18.4 Å². The monoisotopic (exact) mass is 306 g/mol. The van der Waals surface area contributed by atoms with Gasteiger partial charge in [0.25, 0.3) is 11.7 Å². The molecule has 3 rings (SSSR count). The molecule has 0 spiro atoms. The van der Waals surface area contributed by atoms with E-state index in [0.29, 0.717) is 12.1 Å². The number of hydrogen-bond donors (Lipinski definition) is 0. The van der Waals surface area contributed by atoms with Gasteiger partial charge in [0.05, 0.1) is 5.56 Å². The van der Waals surface area contributed by atoms with E-state index >= 15 is 0 Å². The quantitative estimate of drug-likeness (QED) is 0.549. The van der Waals surface area contributed by atoms with Crippen molar-refractivity contribution in [3.8, 4) is 0 Å². The Hall–Kier alpha value is -2.88. The zero-order chi connectivity index (χ0) is 16.4. The molecule has 0 aliphatic heterocycles. The summed E-state index contributed by atoms with van der Waals surface area (Å²) < 4.78 is 1.87. The Morgan fingerprint density at radius 3 is 2.39 bits per heavy atom. The number of aryl methyl sites for hydroxylation is 1. The van der Waals surface area contributed by atoms with Crippen molar-refractivity contribution in [3.63, 3.8) is 0 Å². The Kier molecular flexibility index (Phi) is 3.98. The molecule has 1 amide bonds. The van der Waals surface area contributed by atoms with Crippen LogP contribution in [0.1, 0.15) is 15.9 Å². The van der Waals surface area contributed by atoms with Gasteiger partial charge in [-0.3, -0.25) is 9.59 Å². The van der Waals surface area contributed by atoms with Crippen LogP contribution < -0.4 is 0 Å². The molecule has 0 saturated carbocycles. The van der Waals surface area contributed by atoms with E-state index in [-0.39, 0.29) is 0 Å². The molecule has 0 fully saturated rings.